The number of H-pyrrole nitrogens is 2. The average molecular weight is 494 g/mol. The van der Waals surface area contributed by atoms with E-state index in [0.29, 0.717) is 31.0 Å². The molecule has 8 N–H and O–H groups in total. The first-order valence-electron chi connectivity index (χ1n) is 9.55. The van der Waals surface area contributed by atoms with Gasteiger partial charge in [-0.1, -0.05) is 6.07 Å². The van der Waals surface area contributed by atoms with E-state index in [4.69, 9.17) is 30.2 Å². The number of nitrogens with one attached hydrogen (secondary N) is 4. The van der Waals surface area contributed by atoms with Crippen LogP contribution in [0.15, 0.2) is 24.3 Å². The Bertz CT molecular complexity index is 1180. The van der Waals surface area contributed by atoms with Crippen LogP contribution in [0.3, 0.4) is 0 Å². The van der Waals surface area contributed by atoms with Gasteiger partial charge in [0.2, 0.25) is 11.9 Å². The summed E-state index contributed by atoms with van der Waals surface area (Å²) >= 11 is 10.4. The minimum Gasteiger partial charge on any atom is -0.353 e. The van der Waals surface area contributed by atoms with Crippen molar-refractivity contribution < 1.29 is 15.2 Å². The summed E-state index contributed by atoms with van der Waals surface area (Å²) < 4.78 is 2.41. The van der Waals surface area contributed by atoms with Crippen LogP contribution in [0.1, 0.15) is 0 Å². The van der Waals surface area contributed by atoms with Gasteiger partial charge in [-0.3, -0.25) is 30.0 Å². The van der Waals surface area contributed by atoms with E-state index in [0.717, 1.165) is 0 Å². The molecule has 3 rings (SSSR count). The number of aromatic nitrogens is 6. The lowest BCUT2D eigenvalue weighted by Crippen LogP contribution is -2.35. The van der Waals surface area contributed by atoms with E-state index < -0.39 is 5.92 Å². The number of carbonyl (C=O) groups is 1. The molecule has 33 heavy (non-hydrogen) atoms. The van der Waals surface area contributed by atoms with Gasteiger partial charge in [-0.2, -0.15) is 15.0 Å². The summed E-state index contributed by atoms with van der Waals surface area (Å²) in [5.41, 5.74) is 7.01. The highest BCUT2D eigenvalue weighted by Crippen LogP contribution is 2.17. The normalized spacial score (nSPS) is 11.7. The van der Waals surface area contributed by atoms with Gasteiger partial charge in [0.15, 0.2) is 9.54 Å². The first-order chi connectivity index (χ1) is 15.7. The van der Waals surface area contributed by atoms with E-state index in [1.165, 1.54) is 14.1 Å². The number of hydrogen-bond donors (Lipinski definition) is 7. The number of nitrogens with zero attached hydrogens (tertiary/aromatic N) is 6. The molecule has 0 saturated carbocycles. The zero-order chi connectivity index (χ0) is 24.1. The maximum absolute atomic E-state index is 12.8. The van der Waals surface area contributed by atoms with Gasteiger partial charge in [-0.25, -0.2) is 10.1 Å². The Kier molecular flexibility index (Phi) is 7.67. The summed E-state index contributed by atoms with van der Waals surface area (Å²) in [4.78, 5) is 24.7. The van der Waals surface area contributed by atoms with Gasteiger partial charge in [0.1, 0.15) is 0 Å². The molecular weight excluding hydrogens is 470 g/mol. The van der Waals surface area contributed by atoms with Crippen LogP contribution < -0.4 is 26.5 Å². The molecule has 3 aromatic rings. The molecular formula is C17H23N11O3S2. The highest BCUT2D eigenvalue weighted by atomic mass is 32.1. The van der Waals surface area contributed by atoms with Gasteiger partial charge in [-0.05, 0) is 42.6 Å². The fraction of sp³-hybridized carbons (Fsp3) is 0.294. The molecule has 1 atom stereocenters. The minimum absolute atomic E-state index is 0.0390. The SMILES string of the molecule is CN(O)c1nc(NCC(CN)C(=O)Nc2cccc(-n3c(=S)[nH][nH]c3=S)c2)nc(N(C)O)n1. The molecule has 0 saturated heterocycles. The van der Waals surface area contributed by atoms with Gasteiger partial charge in [0.25, 0.3) is 11.9 Å². The lowest BCUT2D eigenvalue weighted by atomic mass is 10.1. The van der Waals surface area contributed by atoms with Gasteiger partial charge in [0.05, 0.1) is 11.6 Å². The van der Waals surface area contributed by atoms with Crippen molar-refractivity contribution in [2.24, 2.45) is 11.7 Å². The lowest BCUT2D eigenvalue weighted by Gasteiger charge is -2.18. The molecule has 0 aliphatic carbocycles. The Morgan fingerprint density at radius 1 is 1.15 bits per heavy atom. The van der Waals surface area contributed by atoms with Crippen LogP contribution in [0, 0.1) is 15.5 Å². The van der Waals surface area contributed by atoms with Crippen LogP contribution in [0.5, 0.6) is 0 Å². The highest BCUT2D eigenvalue weighted by molar-refractivity contribution is 7.72. The fourth-order valence-electron chi connectivity index (χ4n) is 2.73. The topological polar surface area (TPSA) is 189 Å². The van der Waals surface area contributed by atoms with E-state index in [9.17, 15) is 15.2 Å². The summed E-state index contributed by atoms with van der Waals surface area (Å²) in [6.45, 7) is 0.126. The van der Waals surface area contributed by atoms with Crippen LogP contribution in [0.2, 0.25) is 0 Å². The maximum Gasteiger partial charge on any atom is 0.256 e. The van der Waals surface area contributed by atoms with Crippen LogP contribution >= 0.6 is 24.4 Å². The second-order valence-corrected chi connectivity index (χ2v) is 7.63. The van der Waals surface area contributed by atoms with Gasteiger partial charge in [0, 0.05) is 32.9 Å². The van der Waals surface area contributed by atoms with Crippen LogP contribution in [0.25, 0.3) is 5.69 Å². The van der Waals surface area contributed by atoms with Crippen molar-refractivity contribution in [3.63, 3.8) is 0 Å². The molecule has 14 nitrogen and oxygen atoms in total. The Morgan fingerprint density at radius 2 is 1.76 bits per heavy atom. The number of carbonyl (C=O) groups excluding carboxylic acids is 1. The molecule has 176 valence electrons. The minimum atomic E-state index is -0.645. The van der Waals surface area contributed by atoms with E-state index in [-0.39, 0.29) is 36.8 Å². The van der Waals surface area contributed by atoms with Crippen molar-refractivity contribution in [2.75, 3.05) is 47.9 Å². The quantitative estimate of drug-likeness (QED) is 0.166. The monoisotopic (exact) mass is 493 g/mol. The van der Waals surface area contributed by atoms with Gasteiger partial charge in [-0.15, -0.1) is 0 Å². The molecule has 16 heteroatoms. The Labute approximate surface area is 198 Å². The number of aromatic amines is 2. The van der Waals surface area contributed by atoms with E-state index in [1.807, 2.05) is 0 Å². The molecule has 0 radical (unpaired) electrons. The van der Waals surface area contributed by atoms with E-state index in [2.05, 4.69) is 35.8 Å². The second kappa shape index (κ2) is 10.5. The molecule has 0 bridgehead atoms. The van der Waals surface area contributed by atoms with Crippen molar-refractivity contribution in [3.8, 4) is 5.69 Å². The first-order valence-corrected chi connectivity index (χ1v) is 10.4. The predicted molar refractivity (Wildman–Crippen MR) is 126 cm³/mol. The summed E-state index contributed by atoms with van der Waals surface area (Å²) in [5.74, 6) is -1.14. The standard InChI is InChI=1S/C17H23N11O3S2/c1-26(30)14-21-13(22-15(23-14)27(2)31)19-8-9(7-18)12(29)20-10-4-3-5-11(6-10)28-16(32)24-25-17(28)33/h3-6,9,30-31H,7-8,18H2,1-2H3,(H,20,29)(H,24,32)(H,25,33)(H,19,21,22,23). The Balaban J connectivity index is 1.72. The highest BCUT2D eigenvalue weighted by Gasteiger charge is 2.19. The predicted octanol–water partition coefficient (Wildman–Crippen LogP) is 1.05. The molecule has 0 spiro atoms. The van der Waals surface area contributed by atoms with Crippen LogP contribution in [-0.4, -0.2) is 73.2 Å². The van der Waals surface area contributed by atoms with Gasteiger partial charge < -0.3 is 16.4 Å². The number of amides is 1. The molecule has 0 aliphatic heterocycles. The van der Waals surface area contributed by atoms with Crippen LogP contribution in [-0.2, 0) is 4.79 Å². The molecule has 0 aliphatic rings. The van der Waals surface area contributed by atoms with Crippen molar-refractivity contribution in [1.82, 2.24) is 29.7 Å². The zero-order valence-electron chi connectivity index (χ0n) is 17.7. The summed E-state index contributed by atoms with van der Waals surface area (Å²) in [6.07, 6.45) is 0. The molecule has 1 amide bonds. The smallest absolute Gasteiger partial charge is 0.256 e. The number of nitrogens with two attached hydrogens (primary N) is 1. The zero-order valence-corrected chi connectivity index (χ0v) is 19.3. The van der Waals surface area contributed by atoms with E-state index >= 15 is 0 Å². The lowest BCUT2D eigenvalue weighted by molar-refractivity contribution is -0.119. The number of anilines is 4. The third-order valence-electron chi connectivity index (χ3n) is 4.41. The maximum atomic E-state index is 12.8. The van der Waals surface area contributed by atoms with Crippen molar-refractivity contribution in [1.29, 1.82) is 0 Å². The van der Waals surface area contributed by atoms with E-state index in [1.54, 1.807) is 28.8 Å². The van der Waals surface area contributed by atoms with Crippen LogP contribution in [0.4, 0.5) is 23.5 Å². The summed E-state index contributed by atoms with van der Waals surface area (Å²) in [5, 5.41) is 31.8. The van der Waals surface area contributed by atoms with Gasteiger partial charge >= 0.3 is 0 Å². The number of hydrogen-bond acceptors (Lipinski definition) is 12. The molecule has 0 fully saturated rings. The summed E-state index contributed by atoms with van der Waals surface area (Å²) in [6, 6.07) is 7.01. The summed E-state index contributed by atoms with van der Waals surface area (Å²) in [7, 11) is 2.64. The van der Waals surface area contributed by atoms with Crippen molar-refractivity contribution >= 4 is 53.9 Å². The molecule has 2 heterocycles. The largest absolute Gasteiger partial charge is 0.353 e. The Morgan fingerprint density at radius 3 is 2.30 bits per heavy atom. The molecule has 2 aromatic heterocycles. The fourth-order valence-corrected chi connectivity index (χ4v) is 3.29. The number of rotatable bonds is 9. The molecule has 1 unspecified atom stereocenters. The van der Waals surface area contributed by atoms with Crippen molar-refractivity contribution in [2.45, 2.75) is 0 Å². The number of benzene rings is 1. The second-order valence-electron chi connectivity index (χ2n) is 6.86. The Hall–Kier alpha value is -3.44. The van der Waals surface area contributed by atoms with Crippen molar-refractivity contribution in [3.05, 3.63) is 33.8 Å². The average Bonchev–Trinajstić information content (AvgIpc) is 3.12. The first kappa shape index (κ1) is 24.2. The third-order valence-corrected chi connectivity index (χ3v) is 4.98. The third kappa shape index (κ3) is 5.88. The number of hydroxylamine groups is 2. The molecule has 1 aromatic carbocycles.